The van der Waals surface area contributed by atoms with Crippen LogP contribution in [0, 0.1) is 26.7 Å². The van der Waals surface area contributed by atoms with Crippen LogP contribution in [0.5, 0.6) is 0 Å². The van der Waals surface area contributed by atoms with Gasteiger partial charge in [0.25, 0.3) is 0 Å². The maximum atomic E-state index is 13.2. The number of carbonyl (C=O) groups is 1. The molecule has 168 valence electrons. The van der Waals surface area contributed by atoms with Crippen molar-refractivity contribution < 1.29 is 26.4 Å². The molecule has 1 aliphatic rings. The van der Waals surface area contributed by atoms with E-state index in [1.54, 1.807) is 13.8 Å². The van der Waals surface area contributed by atoms with Crippen molar-refractivity contribution in [1.29, 1.82) is 0 Å². The zero-order valence-electron chi connectivity index (χ0n) is 17.6. The molecular weight excluding hydrogens is 429 g/mol. The van der Waals surface area contributed by atoms with E-state index in [0.717, 1.165) is 11.6 Å². The summed E-state index contributed by atoms with van der Waals surface area (Å²) in [6.45, 7) is 5.68. The highest BCUT2D eigenvalue weighted by molar-refractivity contribution is 7.89. The number of amides is 1. The van der Waals surface area contributed by atoms with Crippen molar-refractivity contribution in [2.24, 2.45) is 5.92 Å². The van der Waals surface area contributed by atoms with Gasteiger partial charge in [0.1, 0.15) is 0 Å². The van der Waals surface area contributed by atoms with E-state index >= 15 is 0 Å². The average molecular weight is 455 g/mol. The fourth-order valence-electron chi connectivity index (χ4n) is 4.14. The van der Waals surface area contributed by atoms with Crippen molar-refractivity contribution in [1.82, 2.24) is 4.31 Å². The number of benzene rings is 2. The van der Waals surface area contributed by atoms with Gasteiger partial charge in [-0.1, -0.05) is 29.8 Å². The van der Waals surface area contributed by atoms with Gasteiger partial charge >= 0.3 is 6.18 Å². The Kier molecular flexibility index (Phi) is 6.48. The highest BCUT2D eigenvalue weighted by Gasteiger charge is 2.36. The summed E-state index contributed by atoms with van der Waals surface area (Å²) >= 11 is 0. The van der Waals surface area contributed by atoms with Crippen LogP contribution in [-0.2, 0) is 21.0 Å². The Morgan fingerprint density at radius 3 is 2.13 bits per heavy atom. The molecule has 1 aliphatic heterocycles. The standard InChI is InChI=1S/C22H25F3N2O3S/c1-14-12-15(2)20(16(3)13-14)31(29,30)27-10-8-17(9-11-27)21(28)26-19-7-5-4-6-18(19)22(23,24)25/h4-7,12-13,17H,8-11H2,1-3H3,(H,26,28). The minimum absolute atomic E-state index is 0.133. The van der Waals surface area contributed by atoms with Crippen LogP contribution in [0.4, 0.5) is 18.9 Å². The summed E-state index contributed by atoms with van der Waals surface area (Å²) in [7, 11) is -3.72. The van der Waals surface area contributed by atoms with E-state index in [0.29, 0.717) is 11.1 Å². The maximum Gasteiger partial charge on any atom is 0.418 e. The van der Waals surface area contributed by atoms with E-state index in [1.807, 2.05) is 19.1 Å². The van der Waals surface area contributed by atoms with Crippen LogP contribution in [0.1, 0.15) is 35.1 Å². The summed E-state index contributed by atoms with van der Waals surface area (Å²) in [5.74, 6) is -1.09. The van der Waals surface area contributed by atoms with Gasteiger partial charge in [-0.25, -0.2) is 8.42 Å². The Morgan fingerprint density at radius 2 is 1.58 bits per heavy atom. The smallest absolute Gasteiger partial charge is 0.325 e. The van der Waals surface area contributed by atoms with Crippen molar-refractivity contribution in [2.45, 2.75) is 44.7 Å². The zero-order valence-corrected chi connectivity index (χ0v) is 18.4. The molecule has 0 saturated carbocycles. The number of para-hydroxylation sites is 1. The summed E-state index contributed by atoms with van der Waals surface area (Å²) in [4.78, 5) is 12.9. The minimum Gasteiger partial charge on any atom is -0.325 e. The van der Waals surface area contributed by atoms with Crippen LogP contribution in [0.3, 0.4) is 0 Å². The molecule has 0 spiro atoms. The van der Waals surface area contributed by atoms with E-state index in [9.17, 15) is 26.4 Å². The van der Waals surface area contributed by atoms with E-state index in [1.165, 1.54) is 22.5 Å². The molecule has 0 bridgehead atoms. The molecule has 1 N–H and O–H groups in total. The van der Waals surface area contributed by atoms with E-state index in [2.05, 4.69) is 5.32 Å². The molecule has 1 saturated heterocycles. The van der Waals surface area contributed by atoms with Crippen LogP contribution in [0.15, 0.2) is 41.3 Å². The normalized spacial score (nSPS) is 16.3. The molecule has 2 aromatic rings. The van der Waals surface area contributed by atoms with Gasteiger partial charge in [-0.3, -0.25) is 4.79 Å². The Morgan fingerprint density at radius 1 is 1.03 bits per heavy atom. The van der Waals surface area contributed by atoms with Crippen LogP contribution < -0.4 is 5.32 Å². The van der Waals surface area contributed by atoms with Gasteiger partial charge in [0, 0.05) is 19.0 Å². The molecule has 31 heavy (non-hydrogen) atoms. The summed E-state index contributed by atoms with van der Waals surface area (Å²) < 4.78 is 67.1. The predicted molar refractivity (Wildman–Crippen MR) is 112 cm³/mol. The molecule has 3 rings (SSSR count). The molecular formula is C22H25F3N2O3S. The number of nitrogens with zero attached hydrogens (tertiary/aromatic N) is 1. The Labute approximate surface area is 180 Å². The number of hydrogen-bond donors (Lipinski definition) is 1. The van der Waals surface area contributed by atoms with Gasteiger partial charge in [0.15, 0.2) is 0 Å². The van der Waals surface area contributed by atoms with Gasteiger partial charge in [-0.2, -0.15) is 17.5 Å². The first-order valence-electron chi connectivity index (χ1n) is 9.96. The van der Waals surface area contributed by atoms with E-state index < -0.39 is 33.6 Å². The molecule has 2 aromatic carbocycles. The monoisotopic (exact) mass is 454 g/mol. The van der Waals surface area contributed by atoms with Crippen LogP contribution in [0.25, 0.3) is 0 Å². The number of anilines is 1. The number of alkyl halides is 3. The van der Waals surface area contributed by atoms with Gasteiger partial charge < -0.3 is 5.32 Å². The molecule has 1 heterocycles. The fourth-order valence-corrected chi connectivity index (χ4v) is 6.02. The molecule has 1 amide bonds. The van der Waals surface area contributed by atoms with Crippen molar-refractivity contribution in [3.63, 3.8) is 0 Å². The Hall–Kier alpha value is -2.39. The SMILES string of the molecule is Cc1cc(C)c(S(=O)(=O)N2CCC(C(=O)Nc3ccccc3C(F)(F)F)CC2)c(C)c1. The number of hydrogen-bond acceptors (Lipinski definition) is 3. The Balaban J connectivity index is 1.71. The first-order chi connectivity index (χ1) is 14.4. The second-order valence-electron chi connectivity index (χ2n) is 7.94. The number of aryl methyl sites for hydroxylation is 3. The number of carbonyl (C=O) groups excluding carboxylic acids is 1. The predicted octanol–water partition coefficient (Wildman–Crippen LogP) is 4.67. The largest absolute Gasteiger partial charge is 0.418 e. The molecule has 0 aromatic heterocycles. The summed E-state index contributed by atoms with van der Waals surface area (Å²) in [6, 6.07) is 8.44. The lowest BCUT2D eigenvalue weighted by molar-refractivity contribution is -0.137. The lowest BCUT2D eigenvalue weighted by Gasteiger charge is -2.31. The molecule has 0 radical (unpaired) electrons. The topological polar surface area (TPSA) is 66.5 Å². The van der Waals surface area contributed by atoms with Crippen LogP contribution >= 0.6 is 0 Å². The van der Waals surface area contributed by atoms with Gasteiger partial charge in [-0.05, 0) is 56.9 Å². The van der Waals surface area contributed by atoms with Gasteiger partial charge in [-0.15, -0.1) is 0 Å². The first-order valence-corrected chi connectivity index (χ1v) is 11.4. The van der Waals surface area contributed by atoms with Crippen molar-refractivity contribution >= 4 is 21.6 Å². The number of halogens is 3. The quantitative estimate of drug-likeness (QED) is 0.730. The third-order valence-electron chi connectivity index (χ3n) is 5.52. The third kappa shape index (κ3) is 4.93. The number of sulfonamides is 1. The fraction of sp³-hybridized carbons (Fsp3) is 0.409. The zero-order chi connectivity index (χ0) is 23.0. The van der Waals surface area contributed by atoms with Crippen molar-refractivity contribution in [3.05, 3.63) is 58.7 Å². The van der Waals surface area contributed by atoms with Crippen molar-refractivity contribution in [3.8, 4) is 0 Å². The van der Waals surface area contributed by atoms with Crippen LogP contribution in [0.2, 0.25) is 0 Å². The van der Waals surface area contributed by atoms with Gasteiger partial charge in [0.05, 0.1) is 16.1 Å². The lowest BCUT2D eigenvalue weighted by Crippen LogP contribution is -2.41. The first kappa shape index (κ1) is 23.3. The second-order valence-corrected chi connectivity index (χ2v) is 9.81. The molecule has 9 heteroatoms. The van der Waals surface area contributed by atoms with E-state index in [-0.39, 0.29) is 36.5 Å². The summed E-state index contributed by atoms with van der Waals surface area (Å²) in [6.07, 6.45) is -4.10. The lowest BCUT2D eigenvalue weighted by atomic mass is 9.97. The molecule has 0 atom stereocenters. The maximum absolute atomic E-state index is 13.2. The Bertz CT molecular complexity index is 1070. The highest BCUT2D eigenvalue weighted by atomic mass is 32.2. The van der Waals surface area contributed by atoms with Gasteiger partial charge in [0.2, 0.25) is 15.9 Å². The molecule has 0 aliphatic carbocycles. The average Bonchev–Trinajstić information content (AvgIpc) is 2.66. The van der Waals surface area contributed by atoms with E-state index in [4.69, 9.17) is 0 Å². The van der Waals surface area contributed by atoms with Crippen LogP contribution in [-0.4, -0.2) is 31.7 Å². The molecule has 5 nitrogen and oxygen atoms in total. The summed E-state index contributed by atoms with van der Waals surface area (Å²) in [5.41, 5.74) is 1.11. The second kappa shape index (κ2) is 8.63. The van der Waals surface area contributed by atoms with Crippen molar-refractivity contribution in [2.75, 3.05) is 18.4 Å². The number of nitrogens with one attached hydrogen (secondary N) is 1. The summed E-state index contributed by atoms with van der Waals surface area (Å²) in [5, 5.41) is 2.37. The molecule has 1 fully saturated rings. The number of rotatable bonds is 4. The third-order valence-corrected chi connectivity index (χ3v) is 7.72. The number of piperidine rings is 1. The highest BCUT2D eigenvalue weighted by Crippen LogP contribution is 2.35. The minimum atomic E-state index is -4.58. The molecule has 0 unspecified atom stereocenters.